The number of rotatable bonds is 14. The van der Waals surface area contributed by atoms with E-state index in [1.54, 1.807) is 31.4 Å². The van der Waals surface area contributed by atoms with E-state index < -0.39 is 6.23 Å². The van der Waals surface area contributed by atoms with E-state index in [-0.39, 0.29) is 30.1 Å². The Morgan fingerprint density at radius 1 is 0.761 bits per heavy atom. The number of carbonyl (C=O) groups is 1. The Morgan fingerprint density at radius 2 is 1.34 bits per heavy atom. The number of ether oxygens (including phenoxy) is 4. The molecule has 6 aromatic rings. The molecule has 2 saturated heterocycles. The lowest BCUT2D eigenvalue weighted by Crippen LogP contribution is -2.37. The van der Waals surface area contributed by atoms with E-state index in [0.717, 1.165) is 117 Å². The molecule has 8 heterocycles. The molecule has 10 rings (SSSR count). The topological polar surface area (TPSA) is 183 Å². The third-order valence-electron chi connectivity index (χ3n) is 13.9. The highest BCUT2D eigenvalue weighted by molar-refractivity contribution is 5.98. The minimum atomic E-state index is -0.966. The summed E-state index contributed by atoms with van der Waals surface area (Å²) in [7, 11) is 3.47. The molecule has 354 valence electrons. The Hall–Kier alpha value is -5.95. The zero-order valence-electron chi connectivity index (χ0n) is 38.7. The molecule has 2 saturated carbocycles. The lowest BCUT2D eigenvalue weighted by molar-refractivity contribution is 0.0827. The minimum Gasteiger partial charge on any atom is -0.474 e. The summed E-state index contributed by atoms with van der Waals surface area (Å²) in [4.78, 5) is 47.6. The van der Waals surface area contributed by atoms with Gasteiger partial charge < -0.3 is 47.9 Å². The predicted octanol–water partition coefficient (Wildman–Crippen LogP) is 5.85. The van der Waals surface area contributed by atoms with Crippen molar-refractivity contribution in [2.75, 3.05) is 83.0 Å². The molecular formula is C49H62N12O6. The van der Waals surface area contributed by atoms with Crippen LogP contribution in [0.3, 0.4) is 0 Å². The van der Waals surface area contributed by atoms with Crippen LogP contribution >= 0.6 is 0 Å². The summed E-state index contributed by atoms with van der Waals surface area (Å²) >= 11 is 0. The van der Waals surface area contributed by atoms with Gasteiger partial charge in [-0.05, 0) is 63.5 Å². The number of hydrogen-bond acceptors (Lipinski definition) is 15. The molecule has 1 amide bonds. The van der Waals surface area contributed by atoms with Crippen molar-refractivity contribution in [2.24, 2.45) is 0 Å². The standard InChI is InChI=1S/C49H62N12O6/c1-32(28-54-46(62)33-24-39-41(52-29-33)26-43(58-16-20-64-21-17-58)55-47(39)66-37-8-4-35(5-9-37)60-14-12-50-31-60)45-51-13-15-61(45)36-6-10-38(11-7-36)67-48-40-25-34(49(63)57(2)3)30-53-42(40)27-44(56-48)59-18-22-65-23-19-59/h12-15,24-27,29-32,35-38,46,54,62H,4-11,16-23,28H2,1-3H3/t32?,35-,36-,37+,38+,46?. The molecule has 2 aliphatic heterocycles. The van der Waals surface area contributed by atoms with Crippen molar-refractivity contribution in [2.45, 2.75) is 94.7 Å². The molecule has 4 fully saturated rings. The van der Waals surface area contributed by atoms with Gasteiger partial charge in [0.25, 0.3) is 5.91 Å². The van der Waals surface area contributed by atoms with E-state index in [4.69, 9.17) is 43.9 Å². The Balaban J connectivity index is 0.794. The normalized spacial score (nSPS) is 22.4. The summed E-state index contributed by atoms with van der Waals surface area (Å²) in [6.07, 6.45) is 19.4. The SMILES string of the molecule is CC(CNC(O)c1cnc2cc(N3CCOCC3)nc(O[C@H]3CC[C@@H](n4ccnc4)CC3)c2c1)c1nccn1[C@H]1CC[C@@H](Oc2nc(N3CCOCC3)cc3ncc(C(=O)N(C)C)cc23)CC1. The summed E-state index contributed by atoms with van der Waals surface area (Å²) in [5, 5.41) is 16.5. The van der Waals surface area contributed by atoms with E-state index in [0.29, 0.717) is 61.9 Å². The largest absolute Gasteiger partial charge is 0.474 e. The van der Waals surface area contributed by atoms with Gasteiger partial charge in [-0.15, -0.1) is 0 Å². The van der Waals surface area contributed by atoms with Crippen LogP contribution in [0.1, 0.15) is 104 Å². The zero-order valence-corrected chi connectivity index (χ0v) is 38.7. The van der Waals surface area contributed by atoms with Gasteiger partial charge in [0.1, 0.15) is 35.9 Å². The van der Waals surface area contributed by atoms with Gasteiger partial charge in [0.2, 0.25) is 11.8 Å². The average molecular weight is 915 g/mol. The number of fused-ring (bicyclic) bond motifs is 2. The monoisotopic (exact) mass is 914 g/mol. The summed E-state index contributed by atoms with van der Waals surface area (Å²) in [5.74, 6) is 3.54. The van der Waals surface area contributed by atoms with E-state index >= 15 is 0 Å². The third kappa shape index (κ3) is 10.0. The maximum absolute atomic E-state index is 12.9. The quantitative estimate of drug-likeness (QED) is 0.124. The average Bonchev–Trinajstić information content (AvgIpc) is 4.10. The van der Waals surface area contributed by atoms with Crippen molar-refractivity contribution >= 4 is 39.3 Å². The molecule has 0 radical (unpaired) electrons. The lowest BCUT2D eigenvalue weighted by atomic mass is 9.92. The van der Waals surface area contributed by atoms with Gasteiger partial charge in [0.15, 0.2) is 0 Å². The molecule has 67 heavy (non-hydrogen) atoms. The Labute approximate surface area is 390 Å². The van der Waals surface area contributed by atoms with E-state index in [1.807, 2.05) is 49.2 Å². The van der Waals surface area contributed by atoms with Gasteiger partial charge in [-0.2, -0.15) is 9.97 Å². The predicted molar refractivity (Wildman–Crippen MR) is 253 cm³/mol. The second kappa shape index (κ2) is 20.1. The number of imidazole rings is 2. The first-order valence-corrected chi connectivity index (χ1v) is 24.0. The summed E-state index contributed by atoms with van der Waals surface area (Å²) in [6, 6.07) is 8.47. The number of aliphatic hydroxyl groups excluding tert-OH is 1. The first-order chi connectivity index (χ1) is 32.7. The molecule has 2 aliphatic carbocycles. The first kappa shape index (κ1) is 44.9. The van der Waals surface area contributed by atoms with Gasteiger partial charge in [-0.25, -0.2) is 9.97 Å². The van der Waals surface area contributed by atoms with Crippen molar-refractivity contribution in [1.29, 1.82) is 0 Å². The summed E-state index contributed by atoms with van der Waals surface area (Å²) < 4.78 is 29.2. The van der Waals surface area contributed by atoms with Gasteiger partial charge in [-0.3, -0.25) is 20.1 Å². The summed E-state index contributed by atoms with van der Waals surface area (Å²) in [6.45, 7) is 8.19. The van der Waals surface area contributed by atoms with Crippen molar-refractivity contribution < 1.29 is 28.8 Å². The highest BCUT2D eigenvalue weighted by Gasteiger charge is 2.30. The van der Waals surface area contributed by atoms with Crippen molar-refractivity contribution in [1.82, 2.24) is 49.3 Å². The maximum Gasteiger partial charge on any atom is 0.254 e. The minimum absolute atomic E-state index is 0.00573. The van der Waals surface area contributed by atoms with Crippen LogP contribution in [-0.2, 0) is 9.47 Å². The number of carbonyl (C=O) groups excluding carboxylic acids is 1. The number of amides is 1. The smallest absolute Gasteiger partial charge is 0.254 e. The molecule has 2 unspecified atom stereocenters. The lowest BCUT2D eigenvalue weighted by Gasteiger charge is -2.32. The number of aromatic nitrogens is 8. The van der Waals surface area contributed by atoms with Crippen LogP contribution in [0.25, 0.3) is 21.8 Å². The van der Waals surface area contributed by atoms with E-state index in [2.05, 4.69) is 42.4 Å². The second-order valence-corrected chi connectivity index (χ2v) is 18.6. The second-order valence-electron chi connectivity index (χ2n) is 18.6. The van der Waals surface area contributed by atoms with Crippen LogP contribution in [-0.4, -0.2) is 140 Å². The van der Waals surface area contributed by atoms with Crippen LogP contribution in [0.2, 0.25) is 0 Å². The molecular weight excluding hydrogens is 853 g/mol. The fourth-order valence-corrected chi connectivity index (χ4v) is 10.0. The highest BCUT2D eigenvalue weighted by Crippen LogP contribution is 2.37. The number of aliphatic hydroxyl groups is 1. The molecule has 18 nitrogen and oxygen atoms in total. The number of nitrogens with one attached hydrogen (secondary N) is 1. The molecule has 0 bridgehead atoms. The van der Waals surface area contributed by atoms with Crippen molar-refractivity contribution in [3.05, 3.63) is 84.7 Å². The molecule has 0 spiro atoms. The number of hydrogen-bond donors (Lipinski definition) is 2. The molecule has 18 heteroatoms. The Morgan fingerprint density at radius 3 is 1.93 bits per heavy atom. The van der Waals surface area contributed by atoms with Gasteiger partial charge in [-0.1, -0.05) is 6.92 Å². The van der Waals surface area contributed by atoms with Crippen LogP contribution in [0.5, 0.6) is 11.8 Å². The van der Waals surface area contributed by atoms with Crippen LogP contribution in [0.15, 0.2) is 67.8 Å². The highest BCUT2D eigenvalue weighted by atomic mass is 16.5. The number of pyridine rings is 4. The van der Waals surface area contributed by atoms with Gasteiger partial charge in [0, 0.05) is 120 Å². The fraction of sp³-hybridized carbons (Fsp3) is 0.531. The van der Waals surface area contributed by atoms with Crippen molar-refractivity contribution in [3.63, 3.8) is 0 Å². The van der Waals surface area contributed by atoms with Gasteiger partial charge in [0.05, 0.1) is 60.1 Å². The number of morpholine rings is 2. The maximum atomic E-state index is 12.9. The molecule has 4 aliphatic rings. The van der Waals surface area contributed by atoms with Crippen LogP contribution < -0.4 is 24.6 Å². The molecule has 2 N–H and O–H groups in total. The van der Waals surface area contributed by atoms with Crippen LogP contribution in [0, 0.1) is 0 Å². The van der Waals surface area contributed by atoms with Crippen molar-refractivity contribution in [3.8, 4) is 11.8 Å². The fourth-order valence-electron chi connectivity index (χ4n) is 10.0. The Kier molecular flexibility index (Phi) is 13.5. The summed E-state index contributed by atoms with van der Waals surface area (Å²) in [5.41, 5.74) is 2.66. The Bertz CT molecular complexity index is 2610. The first-order valence-electron chi connectivity index (χ1n) is 24.0. The third-order valence-corrected chi connectivity index (χ3v) is 13.9. The zero-order chi connectivity index (χ0) is 45.9. The molecule has 6 aromatic heterocycles. The van der Waals surface area contributed by atoms with Gasteiger partial charge >= 0.3 is 0 Å². The molecule has 0 aromatic carbocycles. The van der Waals surface area contributed by atoms with Crippen LogP contribution in [0.4, 0.5) is 11.6 Å². The number of nitrogens with zero attached hydrogens (tertiary/aromatic N) is 11. The van der Waals surface area contributed by atoms with E-state index in [9.17, 15) is 9.90 Å². The molecule has 2 atom stereocenters. The number of anilines is 2. The van der Waals surface area contributed by atoms with E-state index in [1.165, 1.54) is 0 Å².